The van der Waals surface area contributed by atoms with Gasteiger partial charge in [-0.25, -0.2) is 0 Å². The second-order valence-corrected chi connectivity index (χ2v) is 6.82. The van der Waals surface area contributed by atoms with Crippen LogP contribution in [0.4, 0.5) is 0 Å². The molecule has 22 heavy (non-hydrogen) atoms. The van der Waals surface area contributed by atoms with Crippen molar-refractivity contribution in [3.8, 4) is 0 Å². The van der Waals surface area contributed by atoms with Gasteiger partial charge in [0.1, 0.15) is 0 Å². The predicted octanol–water partition coefficient (Wildman–Crippen LogP) is 0.420. The van der Waals surface area contributed by atoms with Gasteiger partial charge in [0.2, 0.25) is 0 Å². The monoisotopic (exact) mass is 368 g/mol. The summed E-state index contributed by atoms with van der Waals surface area (Å²) in [5, 5.41) is 5.91. The average Bonchev–Trinajstić information content (AvgIpc) is 3.22. The molecule has 0 saturated heterocycles. The van der Waals surface area contributed by atoms with Crippen molar-refractivity contribution in [3.05, 3.63) is 34.3 Å². The van der Waals surface area contributed by atoms with Crippen LogP contribution in [0.15, 0.2) is 28.7 Å². The lowest BCUT2D eigenvalue weighted by atomic mass is 10.1. The first-order chi connectivity index (χ1) is 10.5. The summed E-state index contributed by atoms with van der Waals surface area (Å²) in [4.78, 5) is 24.7. The average molecular weight is 369 g/mol. The number of hydrogen-bond acceptors (Lipinski definition) is 2. The molecule has 0 spiro atoms. The van der Waals surface area contributed by atoms with Gasteiger partial charge in [-0.05, 0) is 31.4 Å². The lowest BCUT2D eigenvalue weighted by Gasteiger charge is -2.18. The van der Waals surface area contributed by atoms with Gasteiger partial charge in [0, 0.05) is 10.5 Å². The molecule has 1 aromatic carbocycles. The first kappa shape index (κ1) is 17.0. The van der Waals surface area contributed by atoms with E-state index in [2.05, 4.69) is 26.6 Å². The molecule has 0 heterocycles. The van der Waals surface area contributed by atoms with Gasteiger partial charge in [0.15, 0.2) is 13.1 Å². The largest absolute Gasteiger partial charge is 0.348 e. The fraction of sp³-hybridized carbons (Fsp3) is 0.500. The number of likely N-dealkylation sites (N-methyl/N-ethyl adjacent to an activating group) is 1. The molecule has 0 aliphatic heterocycles. The van der Waals surface area contributed by atoms with Crippen molar-refractivity contribution < 1.29 is 14.5 Å². The highest BCUT2D eigenvalue weighted by atomic mass is 79.9. The minimum absolute atomic E-state index is 0.0200. The van der Waals surface area contributed by atoms with E-state index < -0.39 is 0 Å². The van der Waals surface area contributed by atoms with E-state index in [0.29, 0.717) is 12.6 Å². The maximum atomic E-state index is 12.1. The SMILES string of the molecule is C[C@@H](NC(=O)C[NH+](C)CC(=O)NC1CC1)c1ccccc1Br. The Labute approximate surface area is 139 Å². The van der Waals surface area contributed by atoms with E-state index in [9.17, 15) is 9.59 Å². The summed E-state index contributed by atoms with van der Waals surface area (Å²) < 4.78 is 0.979. The van der Waals surface area contributed by atoms with E-state index >= 15 is 0 Å². The summed E-state index contributed by atoms with van der Waals surface area (Å²) in [5.74, 6) is -0.0355. The zero-order chi connectivity index (χ0) is 16.1. The lowest BCUT2D eigenvalue weighted by molar-refractivity contribution is -0.862. The summed E-state index contributed by atoms with van der Waals surface area (Å²) in [5.41, 5.74) is 1.04. The number of benzene rings is 1. The van der Waals surface area contributed by atoms with Gasteiger partial charge in [-0.15, -0.1) is 0 Å². The van der Waals surface area contributed by atoms with E-state index in [1.54, 1.807) is 0 Å². The fourth-order valence-corrected chi connectivity index (χ4v) is 2.94. The number of quaternary nitrogens is 1. The summed E-state index contributed by atoms with van der Waals surface area (Å²) in [6.07, 6.45) is 2.16. The van der Waals surface area contributed by atoms with Gasteiger partial charge >= 0.3 is 0 Å². The van der Waals surface area contributed by atoms with Gasteiger partial charge in [0.05, 0.1) is 13.1 Å². The molecule has 2 atom stereocenters. The van der Waals surface area contributed by atoms with Crippen molar-refractivity contribution in [2.75, 3.05) is 20.1 Å². The van der Waals surface area contributed by atoms with Crippen molar-refractivity contribution in [2.45, 2.75) is 31.8 Å². The van der Waals surface area contributed by atoms with Gasteiger partial charge in [0.25, 0.3) is 11.8 Å². The van der Waals surface area contributed by atoms with Crippen molar-refractivity contribution in [1.29, 1.82) is 0 Å². The highest BCUT2D eigenvalue weighted by molar-refractivity contribution is 9.10. The van der Waals surface area contributed by atoms with E-state index in [4.69, 9.17) is 0 Å². The molecule has 0 aromatic heterocycles. The molecular formula is C16H23BrN3O2+. The number of halogens is 1. The molecule has 1 aliphatic carbocycles. The van der Waals surface area contributed by atoms with Crippen LogP contribution in [0.2, 0.25) is 0 Å². The zero-order valence-corrected chi connectivity index (χ0v) is 14.6. The Hall–Kier alpha value is -1.40. The number of amides is 2. The summed E-state index contributed by atoms with van der Waals surface area (Å²) in [7, 11) is 1.86. The van der Waals surface area contributed by atoms with Crippen LogP contribution in [0.5, 0.6) is 0 Å². The molecule has 6 heteroatoms. The molecule has 120 valence electrons. The Morgan fingerprint density at radius 1 is 1.27 bits per heavy atom. The molecule has 5 nitrogen and oxygen atoms in total. The first-order valence-electron chi connectivity index (χ1n) is 7.60. The maximum absolute atomic E-state index is 12.1. The normalized spacial score (nSPS) is 16.7. The Balaban J connectivity index is 1.76. The van der Waals surface area contributed by atoms with Gasteiger partial charge in [-0.3, -0.25) is 9.59 Å². The van der Waals surface area contributed by atoms with E-state index in [-0.39, 0.29) is 24.4 Å². The molecule has 2 rings (SSSR count). The Bertz CT molecular complexity index is 546. The maximum Gasteiger partial charge on any atom is 0.275 e. The van der Waals surface area contributed by atoms with Gasteiger partial charge < -0.3 is 15.5 Å². The number of hydrogen-bond donors (Lipinski definition) is 3. The van der Waals surface area contributed by atoms with E-state index in [0.717, 1.165) is 27.8 Å². The third-order valence-electron chi connectivity index (χ3n) is 3.62. The molecule has 1 unspecified atom stereocenters. The number of carbonyl (C=O) groups is 2. The van der Waals surface area contributed by atoms with Crippen LogP contribution < -0.4 is 15.5 Å². The summed E-state index contributed by atoms with van der Waals surface area (Å²) >= 11 is 3.49. The van der Waals surface area contributed by atoms with Crippen molar-refractivity contribution in [1.82, 2.24) is 10.6 Å². The van der Waals surface area contributed by atoms with Crippen LogP contribution in [-0.4, -0.2) is 38.0 Å². The molecule has 1 fully saturated rings. The second kappa shape index (κ2) is 7.74. The van der Waals surface area contributed by atoms with Crippen LogP contribution in [0.1, 0.15) is 31.4 Å². The summed E-state index contributed by atoms with van der Waals surface area (Å²) in [6, 6.07) is 8.12. The molecule has 0 bridgehead atoms. The Morgan fingerprint density at radius 2 is 1.91 bits per heavy atom. The third-order valence-corrected chi connectivity index (χ3v) is 4.34. The molecule has 2 amide bonds. The minimum atomic E-state index is -0.0730. The molecule has 1 aromatic rings. The van der Waals surface area contributed by atoms with Crippen LogP contribution in [-0.2, 0) is 9.59 Å². The number of rotatable bonds is 7. The van der Waals surface area contributed by atoms with E-state index in [1.807, 2.05) is 38.2 Å². The molecule has 1 aliphatic rings. The second-order valence-electron chi connectivity index (χ2n) is 5.96. The van der Waals surface area contributed by atoms with Crippen LogP contribution in [0, 0.1) is 0 Å². The molecule has 1 saturated carbocycles. The quantitative estimate of drug-likeness (QED) is 0.653. The smallest absolute Gasteiger partial charge is 0.275 e. The number of carbonyl (C=O) groups excluding carboxylic acids is 2. The van der Waals surface area contributed by atoms with Crippen LogP contribution >= 0.6 is 15.9 Å². The highest BCUT2D eigenvalue weighted by Crippen LogP contribution is 2.22. The standard InChI is InChI=1S/C16H22BrN3O2/c1-11(13-5-3-4-6-14(13)17)18-15(21)9-20(2)10-16(22)19-12-7-8-12/h3-6,11-12H,7-10H2,1-2H3,(H,18,21)(H,19,22)/p+1/t11-/m1/s1. The molecule has 3 N–H and O–H groups in total. The van der Waals surface area contributed by atoms with Crippen molar-refractivity contribution >= 4 is 27.7 Å². The zero-order valence-electron chi connectivity index (χ0n) is 13.0. The summed E-state index contributed by atoms with van der Waals surface area (Å²) in [6.45, 7) is 2.56. The van der Waals surface area contributed by atoms with E-state index in [1.165, 1.54) is 0 Å². The predicted molar refractivity (Wildman–Crippen MR) is 88.5 cm³/mol. The Kier molecular flexibility index (Phi) is 5.97. The van der Waals surface area contributed by atoms with Crippen LogP contribution in [0.3, 0.4) is 0 Å². The van der Waals surface area contributed by atoms with Crippen molar-refractivity contribution in [2.24, 2.45) is 0 Å². The third kappa shape index (κ3) is 5.42. The van der Waals surface area contributed by atoms with Gasteiger partial charge in [-0.2, -0.15) is 0 Å². The van der Waals surface area contributed by atoms with Crippen LogP contribution in [0.25, 0.3) is 0 Å². The Morgan fingerprint density at radius 3 is 2.55 bits per heavy atom. The molecular weight excluding hydrogens is 346 g/mol. The number of nitrogens with one attached hydrogen (secondary N) is 3. The fourth-order valence-electron chi connectivity index (χ4n) is 2.31. The topological polar surface area (TPSA) is 62.6 Å². The first-order valence-corrected chi connectivity index (χ1v) is 8.39. The van der Waals surface area contributed by atoms with Crippen molar-refractivity contribution in [3.63, 3.8) is 0 Å². The molecule has 0 radical (unpaired) electrons. The highest BCUT2D eigenvalue weighted by Gasteiger charge is 2.25. The van der Waals surface area contributed by atoms with Gasteiger partial charge in [-0.1, -0.05) is 34.1 Å². The minimum Gasteiger partial charge on any atom is -0.348 e. The lowest BCUT2D eigenvalue weighted by Crippen LogP contribution is -3.11.